The number of hydrogen-bond donors (Lipinski definition) is 1. The normalized spacial score (nSPS) is 30.5. The molecule has 0 amide bonds. The van der Waals surface area contributed by atoms with Gasteiger partial charge in [-0.3, -0.25) is 0 Å². The molecule has 0 radical (unpaired) electrons. The van der Waals surface area contributed by atoms with Crippen molar-refractivity contribution in [3.63, 3.8) is 0 Å². The number of nitrogens with zero attached hydrogens (tertiary/aromatic N) is 1. The minimum Gasteiger partial charge on any atom is -0.466 e. The SMILES string of the molecule is COC(=O)/C=C/c1ccc2c(c1)C[C@@H]1CC[C@H](C2)[C@]12CN(CC(F)(F)F)S(=O)(=O)N2. The lowest BCUT2D eigenvalue weighted by atomic mass is 9.79. The first-order chi connectivity index (χ1) is 14.0. The second-order valence-corrected chi connectivity index (χ2v) is 9.97. The van der Waals surface area contributed by atoms with Gasteiger partial charge in [-0.15, -0.1) is 0 Å². The van der Waals surface area contributed by atoms with Crippen LogP contribution < -0.4 is 4.72 Å². The van der Waals surface area contributed by atoms with Crippen molar-refractivity contribution < 1.29 is 31.1 Å². The molecule has 1 aromatic rings. The van der Waals surface area contributed by atoms with Crippen LogP contribution in [0, 0.1) is 11.8 Å². The van der Waals surface area contributed by atoms with E-state index in [1.54, 1.807) is 6.08 Å². The Bertz CT molecular complexity index is 992. The molecule has 0 aromatic heterocycles. The van der Waals surface area contributed by atoms with E-state index in [1.807, 2.05) is 18.2 Å². The molecule has 3 aliphatic rings. The van der Waals surface area contributed by atoms with Crippen molar-refractivity contribution in [1.82, 2.24) is 9.03 Å². The minimum absolute atomic E-state index is 0.0618. The minimum atomic E-state index is -4.59. The van der Waals surface area contributed by atoms with E-state index in [2.05, 4.69) is 9.46 Å². The molecule has 3 atom stereocenters. The first-order valence-electron chi connectivity index (χ1n) is 9.76. The molecule has 2 fully saturated rings. The van der Waals surface area contributed by atoms with Crippen molar-refractivity contribution in [2.45, 2.75) is 37.4 Å². The summed E-state index contributed by atoms with van der Waals surface area (Å²) < 4.78 is 71.6. The first-order valence-corrected chi connectivity index (χ1v) is 11.2. The van der Waals surface area contributed by atoms with E-state index in [-0.39, 0.29) is 18.4 Å². The Morgan fingerprint density at radius 2 is 1.93 bits per heavy atom. The lowest BCUT2D eigenvalue weighted by molar-refractivity contribution is -0.136. The van der Waals surface area contributed by atoms with Crippen molar-refractivity contribution in [2.24, 2.45) is 11.8 Å². The third kappa shape index (κ3) is 3.88. The summed E-state index contributed by atoms with van der Waals surface area (Å²) in [6, 6.07) is 5.79. The van der Waals surface area contributed by atoms with E-state index in [0.717, 1.165) is 29.5 Å². The highest BCUT2D eigenvalue weighted by atomic mass is 32.2. The maximum Gasteiger partial charge on any atom is 0.402 e. The predicted octanol–water partition coefficient (Wildman–Crippen LogP) is 2.45. The fourth-order valence-electron chi connectivity index (χ4n) is 5.20. The monoisotopic (exact) mass is 444 g/mol. The number of benzene rings is 1. The number of hydrogen-bond acceptors (Lipinski definition) is 4. The Kier molecular flexibility index (Phi) is 5.22. The van der Waals surface area contributed by atoms with Gasteiger partial charge < -0.3 is 4.74 Å². The number of alkyl halides is 3. The number of ether oxygens (including phenoxy) is 1. The van der Waals surface area contributed by atoms with E-state index in [0.29, 0.717) is 17.1 Å². The number of rotatable bonds is 3. The van der Waals surface area contributed by atoms with Crippen LogP contribution in [0.15, 0.2) is 24.3 Å². The molecule has 6 nitrogen and oxygen atoms in total. The van der Waals surface area contributed by atoms with Crippen molar-refractivity contribution in [3.8, 4) is 0 Å². The highest BCUT2D eigenvalue weighted by Crippen LogP contribution is 2.50. The second kappa shape index (κ2) is 7.35. The Hall–Kier alpha value is -1.91. The third-order valence-electron chi connectivity index (χ3n) is 6.55. The average molecular weight is 444 g/mol. The van der Waals surface area contributed by atoms with Crippen LogP contribution in [0.2, 0.25) is 0 Å². The van der Waals surface area contributed by atoms with Gasteiger partial charge in [-0.05, 0) is 60.3 Å². The molecule has 1 aliphatic heterocycles. The number of nitrogens with one attached hydrogen (secondary N) is 1. The van der Waals surface area contributed by atoms with Crippen LogP contribution in [-0.2, 0) is 32.6 Å². The van der Waals surface area contributed by atoms with E-state index in [9.17, 15) is 26.4 Å². The van der Waals surface area contributed by atoms with Gasteiger partial charge in [-0.1, -0.05) is 18.2 Å². The number of halogens is 3. The molecule has 4 rings (SSSR count). The summed E-state index contributed by atoms with van der Waals surface area (Å²) in [5, 5.41) is 0. The summed E-state index contributed by atoms with van der Waals surface area (Å²) in [5.74, 6) is -0.613. The van der Waals surface area contributed by atoms with Gasteiger partial charge >= 0.3 is 12.1 Å². The molecular weight excluding hydrogens is 421 g/mol. The zero-order chi connectivity index (χ0) is 21.7. The molecule has 1 aromatic carbocycles. The van der Waals surface area contributed by atoms with E-state index >= 15 is 0 Å². The Balaban J connectivity index is 1.63. The number of methoxy groups -OCH3 is 1. The molecule has 164 valence electrons. The van der Waals surface area contributed by atoms with Gasteiger partial charge in [-0.2, -0.15) is 30.6 Å². The molecule has 2 aliphatic carbocycles. The first kappa shape index (κ1) is 21.3. The summed E-state index contributed by atoms with van der Waals surface area (Å²) in [5.41, 5.74) is 2.05. The third-order valence-corrected chi connectivity index (χ3v) is 8.13. The van der Waals surface area contributed by atoms with E-state index < -0.39 is 34.4 Å². The quantitative estimate of drug-likeness (QED) is 0.574. The van der Waals surface area contributed by atoms with Gasteiger partial charge in [0.1, 0.15) is 6.54 Å². The predicted molar refractivity (Wildman–Crippen MR) is 104 cm³/mol. The molecule has 1 saturated heterocycles. The molecule has 2 bridgehead atoms. The maximum atomic E-state index is 12.9. The summed E-state index contributed by atoms with van der Waals surface area (Å²) in [4.78, 5) is 11.3. The van der Waals surface area contributed by atoms with Gasteiger partial charge in [0.25, 0.3) is 10.2 Å². The lowest BCUT2D eigenvalue weighted by Gasteiger charge is -2.33. The van der Waals surface area contributed by atoms with Gasteiger partial charge in [0.2, 0.25) is 0 Å². The summed E-state index contributed by atoms with van der Waals surface area (Å²) >= 11 is 0. The number of esters is 1. The molecule has 1 saturated carbocycles. The number of fused-ring (bicyclic) bond motifs is 1. The molecule has 10 heteroatoms. The summed E-state index contributed by atoms with van der Waals surface area (Å²) in [6.45, 7) is -1.63. The van der Waals surface area contributed by atoms with Gasteiger partial charge in [0.15, 0.2) is 0 Å². The van der Waals surface area contributed by atoms with Crippen molar-refractivity contribution in [3.05, 3.63) is 41.0 Å². The molecule has 30 heavy (non-hydrogen) atoms. The fourth-order valence-corrected chi connectivity index (χ4v) is 6.91. The van der Waals surface area contributed by atoms with Gasteiger partial charge in [-0.25, -0.2) is 4.79 Å². The molecular formula is C20H23F3N2O4S. The maximum absolute atomic E-state index is 12.9. The second-order valence-electron chi connectivity index (χ2n) is 8.29. The number of carbonyl (C=O) groups is 1. The highest BCUT2D eigenvalue weighted by molar-refractivity contribution is 7.87. The van der Waals surface area contributed by atoms with Crippen molar-refractivity contribution in [1.29, 1.82) is 0 Å². The van der Waals surface area contributed by atoms with E-state index in [1.165, 1.54) is 13.2 Å². The molecule has 1 N–H and O–H groups in total. The average Bonchev–Trinajstić information content (AvgIpc) is 3.03. The zero-order valence-corrected chi connectivity index (χ0v) is 17.2. The Morgan fingerprint density at radius 3 is 2.57 bits per heavy atom. The Labute approximate surface area is 173 Å². The molecule has 0 unspecified atom stereocenters. The smallest absolute Gasteiger partial charge is 0.402 e. The fraction of sp³-hybridized carbons (Fsp3) is 0.550. The van der Waals surface area contributed by atoms with Crippen LogP contribution in [0.4, 0.5) is 13.2 Å². The van der Waals surface area contributed by atoms with Gasteiger partial charge in [0.05, 0.1) is 12.6 Å². The van der Waals surface area contributed by atoms with Crippen LogP contribution in [-0.4, -0.2) is 50.6 Å². The molecule has 1 heterocycles. The van der Waals surface area contributed by atoms with Crippen LogP contribution in [0.5, 0.6) is 0 Å². The van der Waals surface area contributed by atoms with Crippen LogP contribution in [0.3, 0.4) is 0 Å². The van der Waals surface area contributed by atoms with Crippen molar-refractivity contribution in [2.75, 3.05) is 20.2 Å². The van der Waals surface area contributed by atoms with Crippen LogP contribution in [0.25, 0.3) is 6.08 Å². The largest absolute Gasteiger partial charge is 0.466 e. The molecule has 1 spiro atoms. The lowest BCUT2D eigenvalue weighted by Crippen LogP contribution is -2.52. The van der Waals surface area contributed by atoms with Crippen molar-refractivity contribution >= 4 is 22.3 Å². The summed E-state index contributed by atoms with van der Waals surface area (Å²) in [7, 11) is -2.89. The summed E-state index contributed by atoms with van der Waals surface area (Å²) in [6.07, 6.45) is 1.10. The standard InChI is InChI=1S/C20H23F3N2O4S/c1-29-18(26)7-3-13-2-4-14-9-16-5-6-17(10-15(14)8-13)19(16)11-25(12-20(21,22)23)30(27,28)24-19/h2-4,7-8,16-17,24H,5-6,9-12H2,1H3/b7-3+/t16-,17+,19-/m1/s1. The van der Waals surface area contributed by atoms with E-state index in [4.69, 9.17) is 0 Å². The van der Waals surface area contributed by atoms with Gasteiger partial charge in [0, 0.05) is 12.6 Å². The number of carbonyl (C=O) groups excluding carboxylic acids is 1. The topological polar surface area (TPSA) is 75.7 Å². The zero-order valence-electron chi connectivity index (χ0n) is 16.4. The van der Waals surface area contributed by atoms with Crippen LogP contribution >= 0.6 is 0 Å². The Morgan fingerprint density at radius 1 is 1.27 bits per heavy atom. The van der Waals surface area contributed by atoms with Crippen LogP contribution in [0.1, 0.15) is 29.5 Å². The highest BCUT2D eigenvalue weighted by Gasteiger charge is 2.60.